The molecule has 0 spiro atoms. The second kappa shape index (κ2) is 9.49. The first-order chi connectivity index (χ1) is 15.5. The van der Waals surface area contributed by atoms with Crippen LogP contribution in [0.4, 0.5) is 5.82 Å². The highest BCUT2D eigenvalue weighted by atomic mass is 32.2. The number of hydrogen-bond donors (Lipinski definition) is 2. The molecule has 9 heteroatoms. The molecule has 0 atom stereocenters. The Morgan fingerprint density at radius 2 is 2.03 bits per heavy atom. The number of aromatic amines is 1. The number of hydrogen-bond acceptors (Lipinski definition) is 6. The zero-order chi connectivity index (χ0) is 22.7. The van der Waals surface area contributed by atoms with Crippen LogP contribution in [-0.2, 0) is 4.79 Å². The number of methoxy groups -OCH3 is 1. The predicted molar refractivity (Wildman–Crippen MR) is 124 cm³/mol. The zero-order valence-electron chi connectivity index (χ0n) is 18.4. The molecule has 0 unspecified atom stereocenters. The lowest BCUT2D eigenvalue weighted by atomic mass is 10.2. The SMILES string of the molecule is COc1ccc(-c2nc(SCC(=O)Nc3c(C#N)c(C)c(C)n3C3CCCC3)n[nH]2)cc1. The van der Waals surface area contributed by atoms with Gasteiger partial charge in [-0.1, -0.05) is 24.6 Å². The van der Waals surface area contributed by atoms with Crippen molar-refractivity contribution < 1.29 is 9.53 Å². The molecule has 4 rings (SSSR count). The van der Waals surface area contributed by atoms with Gasteiger partial charge in [-0.25, -0.2) is 4.98 Å². The van der Waals surface area contributed by atoms with E-state index in [-0.39, 0.29) is 11.7 Å². The number of thioether (sulfide) groups is 1. The maximum atomic E-state index is 12.8. The van der Waals surface area contributed by atoms with Crippen molar-refractivity contribution in [2.45, 2.75) is 50.7 Å². The molecular formula is C23H26N6O2S. The number of H-pyrrole nitrogens is 1. The molecule has 2 aromatic heterocycles. The Hall–Kier alpha value is -3.25. The van der Waals surface area contributed by atoms with Gasteiger partial charge in [-0.15, -0.1) is 5.10 Å². The minimum atomic E-state index is -0.181. The fourth-order valence-corrected chi connectivity index (χ4v) is 4.79. The first-order valence-electron chi connectivity index (χ1n) is 10.6. The number of rotatable bonds is 7. The van der Waals surface area contributed by atoms with Gasteiger partial charge in [-0.05, 0) is 56.5 Å². The summed E-state index contributed by atoms with van der Waals surface area (Å²) in [7, 11) is 1.62. The standard InChI is InChI=1S/C23H26N6O2S/c1-14-15(2)29(17-6-4-5-7-17)22(19(14)12-24)25-20(30)13-32-23-26-21(27-28-23)16-8-10-18(31-3)11-9-16/h8-11,17H,4-7,13H2,1-3H3,(H,25,30)(H,26,27,28). The monoisotopic (exact) mass is 450 g/mol. The van der Waals surface area contributed by atoms with Crippen LogP contribution < -0.4 is 10.1 Å². The summed E-state index contributed by atoms with van der Waals surface area (Å²) in [5.41, 5.74) is 3.41. The van der Waals surface area contributed by atoms with E-state index < -0.39 is 0 Å². The average Bonchev–Trinajstić information content (AvgIpc) is 3.54. The van der Waals surface area contributed by atoms with Gasteiger partial charge in [0.15, 0.2) is 5.82 Å². The Labute approximate surface area is 191 Å². The van der Waals surface area contributed by atoms with Gasteiger partial charge in [-0.2, -0.15) is 5.26 Å². The number of amides is 1. The van der Waals surface area contributed by atoms with Gasteiger partial charge in [0.25, 0.3) is 0 Å². The van der Waals surface area contributed by atoms with Crippen LogP contribution >= 0.6 is 11.8 Å². The summed E-state index contributed by atoms with van der Waals surface area (Å²) in [6.45, 7) is 3.96. The van der Waals surface area contributed by atoms with Crippen molar-refractivity contribution in [1.29, 1.82) is 5.26 Å². The summed E-state index contributed by atoms with van der Waals surface area (Å²) >= 11 is 1.25. The van der Waals surface area contributed by atoms with Crippen molar-refractivity contribution in [3.63, 3.8) is 0 Å². The summed E-state index contributed by atoms with van der Waals surface area (Å²) in [6.07, 6.45) is 4.49. The smallest absolute Gasteiger partial charge is 0.235 e. The summed E-state index contributed by atoms with van der Waals surface area (Å²) in [6, 6.07) is 10.1. The molecule has 1 saturated carbocycles. The van der Waals surface area contributed by atoms with Crippen molar-refractivity contribution in [3.8, 4) is 23.2 Å². The topological polar surface area (TPSA) is 109 Å². The summed E-state index contributed by atoms with van der Waals surface area (Å²) in [4.78, 5) is 17.2. The summed E-state index contributed by atoms with van der Waals surface area (Å²) < 4.78 is 7.32. The summed E-state index contributed by atoms with van der Waals surface area (Å²) in [5.74, 6) is 1.99. The molecule has 1 aromatic carbocycles. The first-order valence-corrected chi connectivity index (χ1v) is 11.6. The molecule has 2 heterocycles. The fourth-order valence-electron chi connectivity index (χ4n) is 4.19. The third-order valence-electron chi connectivity index (χ3n) is 5.98. The molecule has 1 fully saturated rings. The van der Waals surface area contributed by atoms with Crippen LogP contribution in [0.25, 0.3) is 11.4 Å². The van der Waals surface area contributed by atoms with Gasteiger partial charge < -0.3 is 14.6 Å². The van der Waals surface area contributed by atoms with Gasteiger partial charge in [0.05, 0.1) is 18.4 Å². The van der Waals surface area contributed by atoms with E-state index in [4.69, 9.17) is 4.74 Å². The molecule has 1 aliphatic carbocycles. The van der Waals surface area contributed by atoms with Crippen molar-refractivity contribution in [2.24, 2.45) is 0 Å². The molecule has 166 valence electrons. The number of aromatic nitrogens is 4. The second-order valence-electron chi connectivity index (χ2n) is 7.89. The summed E-state index contributed by atoms with van der Waals surface area (Å²) in [5, 5.41) is 20.3. The number of carbonyl (C=O) groups is 1. The van der Waals surface area contributed by atoms with Crippen LogP contribution in [0.2, 0.25) is 0 Å². The average molecular weight is 451 g/mol. The van der Waals surface area contributed by atoms with Crippen molar-refractivity contribution in [3.05, 3.63) is 41.1 Å². The van der Waals surface area contributed by atoms with E-state index in [1.54, 1.807) is 7.11 Å². The van der Waals surface area contributed by atoms with E-state index in [9.17, 15) is 10.1 Å². The quantitative estimate of drug-likeness (QED) is 0.509. The number of carbonyl (C=O) groups excluding carboxylic acids is 1. The van der Waals surface area contributed by atoms with E-state index in [0.717, 1.165) is 35.4 Å². The van der Waals surface area contributed by atoms with E-state index in [1.807, 2.05) is 38.1 Å². The number of ether oxygens (including phenoxy) is 1. The normalized spacial score (nSPS) is 13.8. The Balaban J connectivity index is 1.44. The Bertz CT molecular complexity index is 1150. The lowest BCUT2D eigenvalue weighted by Crippen LogP contribution is -2.19. The Morgan fingerprint density at radius 3 is 2.69 bits per heavy atom. The number of nitrogens with zero attached hydrogens (tertiary/aromatic N) is 4. The highest BCUT2D eigenvalue weighted by Gasteiger charge is 2.26. The third-order valence-corrected chi connectivity index (χ3v) is 6.82. The van der Waals surface area contributed by atoms with Gasteiger partial charge in [-0.3, -0.25) is 9.89 Å². The Kier molecular flexibility index (Phi) is 6.51. The predicted octanol–water partition coefficient (Wildman–Crippen LogP) is 4.62. The number of nitrogens with one attached hydrogen (secondary N) is 2. The molecule has 32 heavy (non-hydrogen) atoms. The maximum Gasteiger partial charge on any atom is 0.235 e. The van der Waals surface area contributed by atoms with E-state index in [0.29, 0.717) is 28.4 Å². The van der Waals surface area contributed by atoms with E-state index in [2.05, 4.69) is 31.1 Å². The lowest BCUT2D eigenvalue weighted by Gasteiger charge is -2.19. The van der Waals surface area contributed by atoms with Crippen molar-refractivity contribution >= 4 is 23.5 Å². The molecule has 1 aliphatic rings. The minimum absolute atomic E-state index is 0.152. The minimum Gasteiger partial charge on any atom is -0.497 e. The zero-order valence-corrected chi connectivity index (χ0v) is 19.3. The largest absolute Gasteiger partial charge is 0.497 e. The highest BCUT2D eigenvalue weighted by Crippen LogP contribution is 2.37. The lowest BCUT2D eigenvalue weighted by molar-refractivity contribution is -0.113. The highest BCUT2D eigenvalue weighted by molar-refractivity contribution is 7.99. The molecule has 0 bridgehead atoms. The molecule has 0 aliphatic heterocycles. The molecule has 3 aromatic rings. The van der Waals surface area contributed by atoms with Crippen molar-refractivity contribution in [2.75, 3.05) is 18.2 Å². The van der Waals surface area contributed by atoms with Gasteiger partial charge in [0.2, 0.25) is 11.1 Å². The third kappa shape index (κ3) is 4.36. The first kappa shape index (κ1) is 22.0. The molecule has 8 nitrogen and oxygen atoms in total. The Morgan fingerprint density at radius 1 is 1.31 bits per heavy atom. The van der Waals surface area contributed by atoms with Crippen LogP contribution in [0, 0.1) is 25.2 Å². The second-order valence-corrected chi connectivity index (χ2v) is 8.83. The van der Waals surface area contributed by atoms with Crippen LogP contribution in [0.5, 0.6) is 5.75 Å². The fraction of sp³-hybridized carbons (Fsp3) is 0.391. The molecule has 0 radical (unpaired) electrons. The van der Waals surface area contributed by atoms with Gasteiger partial charge in [0.1, 0.15) is 17.6 Å². The number of benzene rings is 1. The van der Waals surface area contributed by atoms with E-state index in [1.165, 1.54) is 24.6 Å². The van der Waals surface area contributed by atoms with Gasteiger partial charge in [0, 0.05) is 17.3 Å². The van der Waals surface area contributed by atoms with E-state index >= 15 is 0 Å². The molecule has 1 amide bonds. The number of anilines is 1. The van der Waals surface area contributed by atoms with Gasteiger partial charge >= 0.3 is 0 Å². The van der Waals surface area contributed by atoms with Crippen LogP contribution in [0.15, 0.2) is 29.4 Å². The van der Waals surface area contributed by atoms with Crippen LogP contribution in [0.3, 0.4) is 0 Å². The number of nitriles is 1. The van der Waals surface area contributed by atoms with Crippen LogP contribution in [-0.4, -0.2) is 38.5 Å². The van der Waals surface area contributed by atoms with Crippen LogP contribution in [0.1, 0.15) is 48.5 Å². The molecule has 0 saturated heterocycles. The van der Waals surface area contributed by atoms with Crippen molar-refractivity contribution in [1.82, 2.24) is 19.7 Å². The molecular weight excluding hydrogens is 424 g/mol. The maximum absolute atomic E-state index is 12.8. The molecule has 2 N–H and O–H groups in total.